The van der Waals surface area contributed by atoms with E-state index in [2.05, 4.69) is 58.7 Å². The van der Waals surface area contributed by atoms with Gasteiger partial charge in [0.1, 0.15) is 6.04 Å². The van der Waals surface area contributed by atoms with Crippen molar-refractivity contribution in [3.8, 4) is 0 Å². The predicted octanol–water partition coefficient (Wildman–Crippen LogP) is 3.32. The average molecular weight is 364 g/mol. The second-order valence-corrected chi connectivity index (χ2v) is 7.79. The first-order valence-electron chi connectivity index (χ1n) is 10.1. The van der Waals surface area contributed by atoms with E-state index in [0.29, 0.717) is 0 Å². The summed E-state index contributed by atoms with van der Waals surface area (Å²) < 4.78 is 0. The Balaban J connectivity index is 1.28. The number of amides is 1. The number of fused-ring (bicyclic) bond motifs is 1. The zero-order valence-electron chi connectivity index (χ0n) is 16.2. The van der Waals surface area contributed by atoms with Gasteiger partial charge in [0, 0.05) is 38.4 Å². The van der Waals surface area contributed by atoms with Gasteiger partial charge in [-0.1, -0.05) is 36.4 Å². The van der Waals surface area contributed by atoms with E-state index in [1.54, 1.807) is 0 Å². The molecule has 1 heterocycles. The van der Waals surface area contributed by atoms with Crippen LogP contribution in [0.5, 0.6) is 0 Å². The van der Waals surface area contributed by atoms with Gasteiger partial charge < -0.3 is 10.2 Å². The van der Waals surface area contributed by atoms with Crippen LogP contribution < -0.4 is 5.32 Å². The Morgan fingerprint density at radius 2 is 1.74 bits per heavy atom. The minimum atomic E-state index is -0.190. The molecule has 0 aromatic heterocycles. The van der Waals surface area contributed by atoms with E-state index < -0.39 is 0 Å². The van der Waals surface area contributed by atoms with Crippen molar-refractivity contribution in [3.05, 3.63) is 65.2 Å². The normalized spacial score (nSPS) is 18.2. The summed E-state index contributed by atoms with van der Waals surface area (Å²) in [4.78, 5) is 17.3. The highest BCUT2D eigenvalue weighted by Crippen LogP contribution is 2.25. The maximum absolute atomic E-state index is 12.8. The molecule has 0 spiro atoms. The van der Waals surface area contributed by atoms with Gasteiger partial charge in [-0.25, -0.2) is 0 Å². The van der Waals surface area contributed by atoms with Crippen LogP contribution in [0.1, 0.15) is 30.0 Å². The molecule has 1 aliphatic heterocycles. The topological polar surface area (TPSA) is 35.6 Å². The number of piperazine rings is 1. The lowest BCUT2D eigenvalue weighted by Crippen LogP contribution is -2.51. The molecule has 142 valence electrons. The fourth-order valence-electron chi connectivity index (χ4n) is 4.22. The van der Waals surface area contributed by atoms with E-state index >= 15 is 0 Å². The van der Waals surface area contributed by atoms with E-state index in [9.17, 15) is 4.79 Å². The lowest BCUT2D eigenvalue weighted by molar-refractivity contribution is -0.133. The predicted molar refractivity (Wildman–Crippen MR) is 110 cm³/mol. The lowest BCUT2D eigenvalue weighted by Gasteiger charge is -2.36. The molecular formula is C23H29N3O. The van der Waals surface area contributed by atoms with Gasteiger partial charge >= 0.3 is 0 Å². The molecule has 27 heavy (non-hydrogen) atoms. The third-order valence-electron chi connectivity index (χ3n) is 5.79. The molecule has 1 atom stereocenters. The number of anilines is 1. The summed E-state index contributed by atoms with van der Waals surface area (Å²) in [5, 5.41) is 3.41. The molecule has 2 aromatic carbocycles. The molecule has 1 N–H and O–H groups in total. The molecule has 0 unspecified atom stereocenters. The van der Waals surface area contributed by atoms with Crippen LogP contribution >= 0.6 is 0 Å². The highest BCUT2D eigenvalue weighted by atomic mass is 16.2. The van der Waals surface area contributed by atoms with Gasteiger partial charge in [0.05, 0.1) is 0 Å². The van der Waals surface area contributed by atoms with Crippen molar-refractivity contribution in [2.24, 2.45) is 0 Å². The number of aryl methyl sites for hydroxylation is 2. The first-order chi connectivity index (χ1) is 13.2. The molecule has 0 saturated carbocycles. The number of nitrogens with one attached hydrogen (secondary N) is 1. The van der Waals surface area contributed by atoms with E-state index in [1.165, 1.54) is 29.5 Å². The van der Waals surface area contributed by atoms with Crippen LogP contribution in [0.3, 0.4) is 0 Å². The van der Waals surface area contributed by atoms with Gasteiger partial charge in [-0.2, -0.15) is 0 Å². The monoisotopic (exact) mass is 363 g/mol. The number of hydrogen-bond acceptors (Lipinski definition) is 3. The number of carbonyl (C=O) groups is 1. The third-order valence-corrected chi connectivity index (χ3v) is 5.79. The van der Waals surface area contributed by atoms with Crippen LogP contribution in [0.25, 0.3) is 0 Å². The maximum Gasteiger partial charge on any atom is 0.244 e. The Morgan fingerprint density at radius 3 is 2.52 bits per heavy atom. The van der Waals surface area contributed by atoms with Crippen molar-refractivity contribution < 1.29 is 4.79 Å². The van der Waals surface area contributed by atoms with Crippen molar-refractivity contribution in [2.45, 2.75) is 38.8 Å². The molecule has 0 bridgehead atoms. The highest BCUT2D eigenvalue weighted by Gasteiger charge is 2.25. The molecule has 4 rings (SSSR count). The summed E-state index contributed by atoms with van der Waals surface area (Å²) in [6.07, 6.45) is 3.61. The number of benzene rings is 2. The minimum absolute atomic E-state index is 0.190. The van der Waals surface area contributed by atoms with Gasteiger partial charge in [0.2, 0.25) is 5.91 Å². The Bertz CT molecular complexity index is 781. The van der Waals surface area contributed by atoms with E-state index in [-0.39, 0.29) is 11.9 Å². The number of carbonyl (C=O) groups excluding carboxylic acids is 1. The van der Waals surface area contributed by atoms with Crippen molar-refractivity contribution in [3.63, 3.8) is 0 Å². The molecule has 4 nitrogen and oxygen atoms in total. The van der Waals surface area contributed by atoms with Gasteiger partial charge in [0.15, 0.2) is 0 Å². The summed E-state index contributed by atoms with van der Waals surface area (Å²) >= 11 is 0. The summed E-state index contributed by atoms with van der Waals surface area (Å²) in [5.41, 5.74) is 5.31. The molecule has 4 heteroatoms. The van der Waals surface area contributed by atoms with Crippen LogP contribution in [0.4, 0.5) is 5.69 Å². The summed E-state index contributed by atoms with van der Waals surface area (Å²) in [6, 6.07) is 16.9. The molecule has 2 aromatic rings. The lowest BCUT2D eigenvalue weighted by atomic mass is 10.1. The molecule has 0 radical (unpaired) electrons. The van der Waals surface area contributed by atoms with Crippen molar-refractivity contribution >= 4 is 11.6 Å². The number of nitrogens with zero attached hydrogens (tertiary/aromatic N) is 2. The fraction of sp³-hybridized carbons (Fsp3) is 0.435. The standard InChI is InChI=1S/C23H29N3O/c1-18(24-22-11-10-20-8-5-9-21(20)16-22)23(27)26-14-12-25(13-15-26)17-19-6-3-2-4-7-19/h2-4,6-7,10-11,16,18,24H,5,8-9,12-15,17H2,1H3/t18-/m0/s1. The molecule has 1 aliphatic carbocycles. The summed E-state index contributed by atoms with van der Waals surface area (Å²) in [5.74, 6) is 0.204. The SMILES string of the molecule is C[C@H](Nc1ccc2c(c1)CCC2)C(=O)N1CCN(Cc2ccccc2)CC1. The highest BCUT2D eigenvalue weighted by molar-refractivity contribution is 5.84. The molecule has 1 fully saturated rings. The van der Waals surface area contributed by atoms with E-state index in [0.717, 1.165) is 44.8 Å². The molecule has 1 amide bonds. The van der Waals surface area contributed by atoms with Crippen molar-refractivity contribution in [2.75, 3.05) is 31.5 Å². The van der Waals surface area contributed by atoms with Crippen LogP contribution in [-0.2, 0) is 24.2 Å². The van der Waals surface area contributed by atoms with Crippen molar-refractivity contribution in [1.29, 1.82) is 0 Å². The van der Waals surface area contributed by atoms with Crippen LogP contribution in [0.2, 0.25) is 0 Å². The largest absolute Gasteiger partial charge is 0.374 e. The second-order valence-electron chi connectivity index (χ2n) is 7.79. The van der Waals surface area contributed by atoms with E-state index in [4.69, 9.17) is 0 Å². The zero-order valence-corrected chi connectivity index (χ0v) is 16.2. The molecular weight excluding hydrogens is 334 g/mol. The fourth-order valence-corrected chi connectivity index (χ4v) is 4.22. The van der Waals surface area contributed by atoms with Crippen LogP contribution in [-0.4, -0.2) is 47.9 Å². The zero-order chi connectivity index (χ0) is 18.6. The first-order valence-corrected chi connectivity index (χ1v) is 10.1. The van der Waals surface area contributed by atoms with Crippen LogP contribution in [0, 0.1) is 0 Å². The van der Waals surface area contributed by atoms with Gasteiger partial charge in [-0.15, -0.1) is 0 Å². The maximum atomic E-state index is 12.8. The number of hydrogen-bond donors (Lipinski definition) is 1. The summed E-state index contributed by atoms with van der Waals surface area (Å²) in [7, 11) is 0. The first kappa shape index (κ1) is 18.1. The Kier molecular flexibility index (Phi) is 5.44. The van der Waals surface area contributed by atoms with E-state index in [1.807, 2.05) is 11.8 Å². The molecule has 2 aliphatic rings. The number of rotatable bonds is 5. The van der Waals surface area contributed by atoms with Crippen molar-refractivity contribution in [1.82, 2.24) is 9.80 Å². The third kappa shape index (κ3) is 4.33. The quantitative estimate of drug-likeness (QED) is 0.885. The second kappa shape index (κ2) is 8.13. The Labute approximate surface area is 162 Å². The molecule has 1 saturated heterocycles. The van der Waals surface area contributed by atoms with Gasteiger partial charge in [0.25, 0.3) is 0 Å². The Morgan fingerprint density at radius 1 is 1.00 bits per heavy atom. The van der Waals surface area contributed by atoms with Crippen LogP contribution in [0.15, 0.2) is 48.5 Å². The van der Waals surface area contributed by atoms with Gasteiger partial charge in [-0.3, -0.25) is 9.69 Å². The summed E-state index contributed by atoms with van der Waals surface area (Å²) in [6.45, 7) is 6.43. The Hall–Kier alpha value is -2.33. The smallest absolute Gasteiger partial charge is 0.244 e. The van der Waals surface area contributed by atoms with Gasteiger partial charge in [-0.05, 0) is 55.0 Å². The average Bonchev–Trinajstić information content (AvgIpc) is 3.16. The minimum Gasteiger partial charge on any atom is -0.374 e.